The second-order valence-electron chi connectivity index (χ2n) is 4.45. The van der Waals surface area contributed by atoms with E-state index in [9.17, 15) is 4.79 Å². The van der Waals surface area contributed by atoms with Crippen LogP contribution in [0.5, 0.6) is 0 Å². The minimum atomic E-state index is -0.245. The van der Waals surface area contributed by atoms with Gasteiger partial charge in [0.2, 0.25) is 0 Å². The molecule has 0 atom stereocenters. The number of hydrogen-bond donors (Lipinski definition) is 1. The maximum Gasteiger partial charge on any atom is 0.256 e. The summed E-state index contributed by atoms with van der Waals surface area (Å²) in [6, 6.07) is 6.99. The minimum absolute atomic E-state index is 0.245. The fraction of sp³-hybridized carbons (Fsp3) is 0.214. The van der Waals surface area contributed by atoms with Crippen LogP contribution >= 0.6 is 11.6 Å². The molecule has 5 heteroatoms. The van der Waals surface area contributed by atoms with Gasteiger partial charge in [-0.25, -0.2) is 9.97 Å². The van der Waals surface area contributed by atoms with Crippen LogP contribution < -0.4 is 5.32 Å². The Kier molecular flexibility index (Phi) is 3.81. The molecule has 2 rings (SSSR count). The lowest BCUT2D eigenvalue weighted by molar-refractivity contribution is 0.102. The molecule has 0 aliphatic carbocycles. The molecule has 1 amide bonds. The monoisotopic (exact) mass is 275 g/mol. The molecule has 0 radical (unpaired) electrons. The van der Waals surface area contributed by atoms with Crippen LogP contribution in [0.2, 0.25) is 5.15 Å². The highest BCUT2D eigenvalue weighted by Crippen LogP contribution is 2.14. The van der Waals surface area contributed by atoms with E-state index >= 15 is 0 Å². The van der Waals surface area contributed by atoms with Crippen LogP contribution in [0.3, 0.4) is 0 Å². The van der Waals surface area contributed by atoms with E-state index in [1.54, 1.807) is 13.0 Å². The molecule has 2 heterocycles. The Bertz CT molecular complexity index is 600. The average Bonchev–Trinajstić information content (AvgIpc) is 2.25. The lowest BCUT2D eigenvalue weighted by atomic mass is 10.2. The zero-order valence-corrected chi connectivity index (χ0v) is 11.7. The summed E-state index contributed by atoms with van der Waals surface area (Å²) >= 11 is 5.84. The van der Waals surface area contributed by atoms with Gasteiger partial charge in [0, 0.05) is 17.0 Å². The number of carbonyl (C=O) groups excluding carboxylic acids is 1. The summed E-state index contributed by atoms with van der Waals surface area (Å²) in [5.41, 5.74) is 3.08. The largest absolute Gasteiger partial charge is 0.307 e. The maximum atomic E-state index is 12.1. The minimum Gasteiger partial charge on any atom is -0.307 e. The van der Waals surface area contributed by atoms with Gasteiger partial charge in [-0.15, -0.1) is 0 Å². The second kappa shape index (κ2) is 5.36. The van der Waals surface area contributed by atoms with Crippen LogP contribution in [0.25, 0.3) is 0 Å². The molecule has 19 heavy (non-hydrogen) atoms. The number of halogens is 1. The van der Waals surface area contributed by atoms with Crippen molar-refractivity contribution in [2.24, 2.45) is 0 Å². The number of carbonyl (C=O) groups is 1. The third-order valence-corrected chi connectivity index (χ3v) is 2.72. The molecule has 98 valence electrons. The maximum absolute atomic E-state index is 12.1. The second-order valence-corrected chi connectivity index (χ2v) is 4.83. The summed E-state index contributed by atoms with van der Waals surface area (Å²) in [5.74, 6) is 0.290. The molecular weight excluding hydrogens is 262 g/mol. The third-order valence-electron chi connectivity index (χ3n) is 2.52. The first-order valence-electron chi connectivity index (χ1n) is 5.85. The first-order valence-corrected chi connectivity index (χ1v) is 6.22. The first kappa shape index (κ1) is 13.5. The summed E-state index contributed by atoms with van der Waals surface area (Å²) < 4.78 is 0. The summed E-state index contributed by atoms with van der Waals surface area (Å²) in [5, 5.41) is 3.06. The lowest BCUT2D eigenvalue weighted by Gasteiger charge is -2.07. The quantitative estimate of drug-likeness (QED) is 0.856. The fourth-order valence-electron chi connectivity index (χ4n) is 1.85. The van der Waals surface area contributed by atoms with Crippen LogP contribution in [-0.4, -0.2) is 15.9 Å². The molecule has 0 spiro atoms. The summed E-state index contributed by atoms with van der Waals surface area (Å²) in [6.07, 6.45) is 0. The van der Waals surface area contributed by atoms with Crippen molar-refractivity contribution >= 4 is 23.3 Å². The Morgan fingerprint density at radius 1 is 1.05 bits per heavy atom. The molecule has 2 aromatic rings. The molecule has 0 fully saturated rings. The van der Waals surface area contributed by atoms with Gasteiger partial charge in [-0.05, 0) is 50.6 Å². The van der Waals surface area contributed by atoms with Crippen molar-refractivity contribution < 1.29 is 4.79 Å². The van der Waals surface area contributed by atoms with Gasteiger partial charge in [0.25, 0.3) is 5.91 Å². The van der Waals surface area contributed by atoms with Gasteiger partial charge in [-0.3, -0.25) is 4.79 Å². The topological polar surface area (TPSA) is 54.9 Å². The number of nitrogens with zero attached hydrogens (tertiary/aromatic N) is 2. The molecule has 0 unspecified atom stereocenters. The number of aromatic nitrogens is 2. The molecule has 1 N–H and O–H groups in total. The van der Waals surface area contributed by atoms with E-state index in [1.807, 2.05) is 26.0 Å². The number of pyridine rings is 2. The molecule has 0 saturated heterocycles. The number of aryl methyl sites for hydroxylation is 3. The molecule has 4 nitrogen and oxygen atoms in total. The van der Waals surface area contributed by atoms with Crippen molar-refractivity contribution in [3.05, 3.63) is 51.9 Å². The predicted molar refractivity (Wildman–Crippen MR) is 75.6 cm³/mol. The third kappa shape index (κ3) is 3.51. The van der Waals surface area contributed by atoms with Crippen LogP contribution in [-0.2, 0) is 0 Å². The number of amides is 1. The average molecular weight is 276 g/mol. The number of hydrogen-bond acceptors (Lipinski definition) is 3. The van der Waals surface area contributed by atoms with E-state index < -0.39 is 0 Å². The first-order chi connectivity index (χ1) is 8.94. The van der Waals surface area contributed by atoms with Crippen molar-refractivity contribution in [2.45, 2.75) is 20.8 Å². The van der Waals surface area contributed by atoms with Gasteiger partial charge in [0.05, 0.1) is 0 Å². The Labute approximate surface area is 116 Å². The molecular formula is C14H14ClN3O. The summed E-state index contributed by atoms with van der Waals surface area (Å²) in [4.78, 5) is 20.4. The van der Waals surface area contributed by atoms with Crippen LogP contribution in [0.15, 0.2) is 24.3 Å². The normalized spacial score (nSPS) is 10.3. The van der Waals surface area contributed by atoms with E-state index in [0.29, 0.717) is 22.2 Å². The smallest absolute Gasteiger partial charge is 0.256 e. The molecule has 0 aliphatic heterocycles. The van der Waals surface area contributed by atoms with Gasteiger partial charge in [0.1, 0.15) is 11.0 Å². The lowest BCUT2D eigenvalue weighted by Crippen LogP contribution is -2.14. The standard InChI is InChI=1S/C14H14ClN3O/c1-8-4-9(2)17-13(5-8)18-14(19)11-6-10(3)16-12(15)7-11/h4-7H,1-3H3,(H,17,18,19). The molecule has 0 bridgehead atoms. The van der Waals surface area contributed by atoms with Crippen LogP contribution in [0.1, 0.15) is 27.3 Å². The zero-order valence-electron chi connectivity index (χ0n) is 11.0. The van der Waals surface area contributed by atoms with Crippen molar-refractivity contribution in [3.63, 3.8) is 0 Å². The highest BCUT2D eigenvalue weighted by atomic mass is 35.5. The van der Waals surface area contributed by atoms with Gasteiger partial charge in [-0.2, -0.15) is 0 Å². The Morgan fingerprint density at radius 3 is 2.37 bits per heavy atom. The Balaban J connectivity index is 2.25. The Morgan fingerprint density at radius 2 is 1.74 bits per heavy atom. The van der Waals surface area contributed by atoms with Crippen LogP contribution in [0, 0.1) is 20.8 Å². The number of anilines is 1. The summed E-state index contributed by atoms with van der Waals surface area (Å²) in [6.45, 7) is 5.63. The zero-order chi connectivity index (χ0) is 14.0. The van der Waals surface area contributed by atoms with Crippen molar-refractivity contribution in [1.82, 2.24) is 9.97 Å². The van der Waals surface area contributed by atoms with Crippen LogP contribution in [0.4, 0.5) is 5.82 Å². The van der Waals surface area contributed by atoms with E-state index in [4.69, 9.17) is 11.6 Å². The van der Waals surface area contributed by atoms with Gasteiger partial charge in [0.15, 0.2) is 0 Å². The SMILES string of the molecule is Cc1cc(C)nc(NC(=O)c2cc(C)nc(Cl)c2)c1. The molecule has 0 aliphatic rings. The van der Waals surface area contributed by atoms with Gasteiger partial charge < -0.3 is 5.32 Å². The summed E-state index contributed by atoms with van der Waals surface area (Å²) in [7, 11) is 0. The molecule has 0 saturated carbocycles. The Hall–Kier alpha value is -1.94. The van der Waals surface area contributed by atoms with Gasteiger partial charge in [-0.1, -0.05) is 11.6 Å². The highest BCUT2D eigenvalue weighted by Gasteiger charge is 2.09. The highest BCUT2D eigenvalue weighted by molar-refractivity contribution is 6.29. The van der Waals surface area contributed by atoms with Gasteiger partial charge >= 0.3 is 0 Å². The molecule has 2 aromatic heterocycles. The van der Waals surface area contributed by atoms with Crippen molar-refractivity contribution in [1.29, 1.82) is 0 Å². The van der Waals surface area contributed by atoms with E-state index in [1.165, 1.54) is 6.07 Å². The predicted octanol–water partition coefficient (Wildman–Crippen LogP) is 3.31. The number of nitrogens with one attached hydrogen (secondary N) is 1. The number of rotatable bonds is 2. The van der Waals surface area contributed by atoms with E-state index in [0.717, 1.165) is 11.3 Å². The molecule has 0 aromatic carbocycles. The van der Waals surface area contributed by atoms with E-state index in [-0.39, 0.29) is 5.91 Å². The van der Waals surface area contributed by atoms with Crippen molar-refractivity contribution in [3.8, 4) is 0 Å². The van der Waals surface area contributed by atoms with E-state index in [2.05, 4.69) is 15.3 Å². The fourth-order valence-corrected chi connectivity index (χ4v) is 2.10. The van der Waals surface area contributed by atoms with Crippen molar-refractivity contribution in [2.75, 3.05) is 5.32 Å².